The molecule has 23 heavy (non-hydrogen) atoms. The summed E-state index contributed by atoms with van der Waals surface area (Å²) in [5, 5.41) is 15.0. The van der Waals surface area contributed by atoms with Crippen molar-refractivity contribution in [2.75, 3.05) is 0 Å². The maximum Gasteiger partial charge on any atom is 0.163 e. The average Bonchev–Trinajstić information content (AvgIpc) is 2.96. The molecule has 0 saturated heterocycles. The van der Waals surface area contributed by atoms with Crippen LogP contribution in [0, 0.1) is 5.82 Å². The highest BCUT2D eigenvalue weighted by atomic mass is 19.1. The minimum Gasteiger partial charge on any atom is -0.508 e. The number of hydrogen-bond acceptors (Lipinski definition) is 3. The number of aromatic hydroxyl groups is 1. The fraction of sp³-hybridized carbons (Fsp3) is 0. The molecule has 4 nitrogen and oxygen atoms in total. The van der Waals surface area contributed by atoms with Crippen molar-refractivity contribution in [1.29, 1.82) is 0 Å². The summed E-state index contributed by atoms with van der Waals surface area (Å²) < 4.78 is 14.9. The van der Waals surface area contributed by atoms with E-state index in [0.717, 1.165) is 22.3 Å². The van der Waals surface area contributed by atoms with Crippen molar-refractivity contribution in [3.05, 3.63) is 72.7 Å². The Morgan fingerprint density at radius 3 is 2.39 bits per heavy atom. The summed E-state index contributed by atoms with van der Waals surface area (Å²) in [4.78, 5) is 4.41. The third-order valence-corrected chi connectivity index (χ3v) is 3.65. The average molecular weight is 305 g/mol. The Bertz CT molecular complexity index is 896. The molecule has 0 saturated carbocycles. The lowest BCUT2D eigenvalue weighted by Gasteiger charge is -2.02. The summed E-state index contributed by atoms with van der Waals surface area (Å²) in [6, 6.07) is 16.7. The Morgan fingerprint density at radius 1 is 0.913 bits per heavy atom. The van der Waals surface area contributed by atoms with Gasteiger partial charge in [-0.3, -0.25) is 0 Å². The number of pyridine rings is 1. The summed E-state index contributed by atoms with van der Waals surface area (Å²) in [7, 11) is 0. The van der Waals surface area contributed by atoms with Crippen LogP contribution in [0.1, 0.15) is 0 Å². The third kappa shape index (κ3) is 2.32. The molecule has 0 aliphatic carbocycles. The van der Waals surface area contributed by atoms with Gasteiger partial charge in [0.1, 0.15) is 17.3 Å². The van der Waals surface area contributed by atoms with E-state index in [9.17, 15) is 9.50 Å². The number of rotatable bonds is 2. The smallest absolute Gasteiger partial charge is 0.163 e. The van der Waals surface area contributed by atoms with E-state index in [4.69, 9.17) is 0 Å². The van der Waals surface area contributed by atoms with Crippen LogP contribution in [0.4, 0.5) is 4.39 Å². The van der Waals surface area contributed by atoms with Crippen LogP contribution >= 0.6 is 0 Å². The standard InChI is InChI=1S/C18H12FN3O/c19-13-5-3-12(4-6-13)17-16-2-1-11-20-18(16)22(21-17)14-7-9-15(23)10-8-14/h1-11,23H. The Morgan fingerprint density at radius 2 is 1.65 bits per heavy atom. The van der Waals surface area contributed by atoms with Crippen molar-refractivity contribution in [3.63, 3.8) is 0 Å². The molecule has 0 amide bonds. The highest BCUT2D eigenvalue weighted by Crippen LogP contribution is 2.29. The number of hydrogen-bond donors (Lipinski definition) is 1. The molecule has 0 radical (unpaired) electrons. The largest absolute Gasteiger partial charge is 0.508 e. The van der Waals surface area contributed by atoms with Crippen molar-refractivity contribution in [2.45, 2.75) is 0 Å². The Hall–Kier alpha value is -3.21. The van der Waals surface area contributed by atoms with Gasteiger partial charge in [-0.15, -0.1) is 0 Å². The second-order valence-corrected chi connectivity index (χ2v) is 5.16. The van der Waals surface area contributed by atoms with Crippen LogP contribution in [0.3, 0.4) is 0 Å². The first kappa shape index (κ1) is 13.5. The van der Waals surface area contributed by atoms with Gasteiger partial charge in [-0.1, -0.05) is 0 Å². The van der Waals surface area contributed by atoms with Crippen molar-refractivity contribution < 1.29 is 9.50 Å². The van der Waals surface area contributed by atoms with Gasteiger partial charge in [0.25, 0.3) is 0 Å². The van der Waals surface area contributed by atoms with Gasteiger partial charge in [0.05, 0.1) is 5.69 Å². The molecular formula is C18H12FN3O. The lowest BCUT2D eigenvalue weighted by Crippen LogP contribution is -1.97. The van der Waals surface area contributed by atoms with Gasteiger partial charge in [0.2, 0.25) is 0 Å². The number of halogens is 1. The molecule has 112 valence electrons. The monoisotopic (exact) mass is 305 g/mol. The Balaban J connectivity index is 1.96. The molecule has 5 heteroatoms. The molecule has 0 bridgehead atoms. The third-order valence-electron chi connectivity index (χ3n) is 3.65. The Labute approximate surface area is 131 Å². The summed E-state index contributed by atoms with van der Waals surface area (Å²) in [5.41, 5.74) is 3.06. The molecule has 0 fully saturated rings. The fourth-order valence-corrected chi connectivity index (χ4v) is 2.55. The number of nitrogens with zero attached hydrogens (tertiary/aromatic N) is 3. The zero-order chi connectivity index (χ0) is 15.8. The van der Waals surface area contributed by atoms with Gasteiger partial charge in [0, 0.05) is 17.1 Å². The van der Waals surface area contributed by atoms with Crippen molar-refractivity contribution in [2.24, 2.45) is 0 Å². The summed E-state index contributed by atoms with van der Waals surface area (Å²) in [6.45, 7) is 0. The second-order valence-electron chi connectivity index (χ2n) is 5.16. The first-order valence-corrected chi connectivity index (χ1v) is 7.11. The number of phenols is 1. The molecule has 0 aliphatic heterocycles. The maximum atomic E-state index is 13.2. The number of aromatic nitrogens is 3. The van der Waals surface area contributed by atoms with E-state index in [0.29, 0.717) is 5.65 Å². The molecule has 0 unspecified atom stereocenters. The van der Waals surface area contributed by atoms with Gasteiger partial charge in [0.15, 0.2) is 5.65 Å². The highest BCUT2D eigenvalue weighted by Gasteiger charge is 2.14. The van der Waals surface area contributed by atoms with Gasteiger partial charge in [-0.2, -0.15) is 5.10 Å². The molecule has 4 rings (SSSR count). The van der Waals surface area contributed by atoms with Crippen molar-refractivity contribution >= 4 is 11.0 Å². The van der Waals surface area contributed by atoms with E-state index >= 15 is 0 Å². The maximum absolute atomic E-state index is 13.2. The van der Waals surface area contributed by atoms with Gasteiger partial charge in [-0.05, 0) is 60.7 Å². The van der Waals surface area contributed by atoms with E-state index in [1.165, 1.54) is 12.1 Å². The molecule has 2 heterocycles. The van der Waals surface area contributed by atoms with Crippen LogP contribution in [-0.2, 0) is 0 Å². The van der Waals surface area contributed by atoms with Crippen molar-refractivity contribution in [3.8, 4) is 22.7 Å². The number of benzene rings is 2. The van der Waals surface area contributed by atoms with E-state index < -0.39 is 0 Å². The van der Waals surface area contributed by atoms with E-state index in [1.807, 2.05) is 12.1 Å². The summed E-state index contributed by atoms with van der Waals surface area (Å²) in [6.07, 6.45) is 1.70. The van der Waals surface area contributed by atoms with Crippen LogP contribution < -0.4 is 0 Å². The molecule has 0 spiro atoms. The van der Waals surface area contributed by atoms with Gasteiger partial charge in [-0.25, -0.2) is 14.1 Å². The lowest BCUT2D eigenvalue weighted by molar-refractivity contribution is 0.475. The van der Waals surface area contributed by atoms with Crippen LogP contribution in [-0.4, -0.2) is 19.9 Å². The normalized spacial score (nSPS) is 11.0. The topological polar surface area (TPSA) is 50.9 Å². The van der Waals surface area contributed by atoms with Crippen LogP contribution in [0.5, 0.6) is 5.75 Å². The molecule has 2 aromatic heterocycles. The molecule has 2 aromatic carbocycles. The van der Waals surface area contributed by atoms with Gasteiger partial charge >= 0.3 is 0 Å². The minimum atomic E-state index is -0.283. The molecule has 4 aromatic rings. The lowest BCUT2D eigenvalue weighted by atomic mass is 10.1. The quantitative estimate of drug-likeness (QED) is 0.610. The summed E-state index contributed by atoms with van der Waals surface area (Å²) >= 11 is 0. The second kappa shape index (κ2) is 5.21. The molecular weight excluding hydrogens is 293 g/mol. The first-order valence-electron chi connectivity index (χ1n) is 7.11. The first-order chi connectivity index (χ1) is 11.2. The fourth-order valence-electron chi connectivity index (χ4n) is 2.55. The van der Waals surface area contributed by atoms with E-state index in [1.54, 1.807) is 47.3 Å². The predicted octanol–water partition coefficient (Wildman–Crippen LogP) is 3.93. The predicted molar refractivity (Wildman–Crippen MR) is 85.9 cm³/mol. The molecule has 0 aliphatic rings. The zero-order valence-corrected chi connectivity index (χ0v) is 12.0. The SMILES string of the molecule is Oc1ccc(-n2nc(-c3ccc(F)cc3)c3cccnc32)cc1. The molecule has 0 atom stereocenters. The highest BCUT2D eigenvalue weighted by molar-refractivity contribution is 5.91. The molecule has 1 N–H and O–H groups in total. The number of phenolic OH excluding ortho intramolecular Hbond substituents is 1. The van der Waals surface area contributed by atoms with Gasteiger partial charge < -0.3 is 5.11 Å². The van der Waals surface area contributed by atoms with Crippen LogP contribution in [0.15, 0.2) is 66.9 Å². The number of fused-ring (bicyclic) bond motifs is 1. The van der Waals surface area contributed by atoms with Crippen LogP contribution in [0.25, 0.3) is 28.0 Å². The van der Waals surface area contributed by atoms with Crippen molar-refractivity contribution in [1.82, 2.24) is 14.8 Å². The summed E-state index contributed by atoms with van der Waals surface area (Å²) in [5.74, 6) is -0.0916. The van der Waals surface area contributed by atoms with Crippen LogP contribution in [0.2, 0.25) is 0 Å². The Kier molecular flexibility index (Phi) is 3.05. The minimum absolute atomic E-state index is 0.192. The zero-order valence-electron chi connectivity index (χ0n) is 12.0. The van der Waals surface area contributed by atoms with E-state index in [-0.39, 0.29) is 11.6 Å². The van der Waals surface area contributed by atoms with E-state index in [2.05, 4.69) is 10.1 Å².